The minimum Gasteiger partial charge on any atom is -0.481 e. The Kier molecular flexibility index (Phi) is 5.49. The van der Waals surface area contributed by atoms with Gasteiger partial charge in [-0.2, -0.15) is 0 Å². The van der Waals surface area contributed by atoms with Gasteiger partial charge >= 0.3 is 5.97 Å². The van der Waals surface area contributed by atoms with E-state index in [1.165, 1.54) is 10.5 Å². The largest absolute Gasteiger partial charge is 0.481 e. The molecule has 1 aromatic rings. The third-order valence-electron chi connectivity index (χ3n) is 4.18. The molecule has 0 unspecified atom stereocenters. The number of nitrogens with one attached hydrogen (secondary N) is 1. The van der Waals surface area contributed by atoms with E-state index >= 15 is 0 Å². The van der Waals surface area contributed by atoms with Crippen LogP contribution in [0.1, 0.15) is 44.2 Å². The number of carbonyl (C=O) groups is 1. The lowest BCUT2D eigenvalue weighted by molar-refractivity contribution is -0.142. The molecule has 0 heterocycles. The fourth-order valence-electron chi connectivity index (χ4n) is 2.85. The number of thioether (sulfide) groups is 1. The van der Waals surface area contributed by atoms with E-state index in [-0.39, 0.29) is 5.92 Å². The number of benzene rings is 1. The molecule has 0 aliphatic heterocycles. The van der Waals surface area contributed by atoms with E-state index < -0.39 is 5.97 Å². The van der Waals surface area contributed by atoms with Crippen LogP contribution in [0, 0.1) is 5.92 Å². The summed E-state index contributed by atoms with van der Waals surface area (Å²) in [6.07, 6.45) is 5.60. The van der Waals surface area contributed by atoms with Crippen LogP contribution in [-0.2, 0) is 4.79 Å². The van der Waals surface area contributed by atoms with Gasteiger partial charge in [-0.1, -0.05) is 12.1 Å². The van der Waals surface area contributed by atoms with Crippen LogP contribution in [0.2, 0.25) is 0 Å². The predicted molar refractivity (Wildman–Crippen MR) is 83.2 cm³/mol. The van der Waals surface area contributed by atoms with Gasteiger partial charge in [0.25, 0.3) is 0 Å². The molecule has 0 radical (unpaired) electrons. The van der Waals surface area contributed by atoms with Gasteiger partial charge in [-0.3, -0.25) is 4.79 Å². The van der Waals surface area contributed by atoms with Crippen molar-refractivity contribution < 1.29 is 9.90 Å². The lowest BCUT2D eigenvalue weighted by Gasteiger charge is -2.29. The lowest BCUT2D eigenvalue weighted by Crippen LogP contribution is -2.36. The monoisotopic (exact) mass is 293 g/mol. The third kappa shape index (κ3) is 4.00. The third-order valence-corrected chi connectivity index (χ3v) is 4.92. The first-order chi connectivity index (χ1) is 9.60. The molecule has 0 amide bonds. The molecule has 0 bridgehead atoms. The smallest absolute Gasteiger partial charge is 0.306 e. The van der Waals surface area contributed by atoms with Gasteiger partial charge in [-0.15, -0.1) is 11.8 Å². The Labute approximate surface area is 125 Å². The second kappa shape index (κ2) is 7.14. The van der Waals surface area contributed by atoms with Crippen LogP contribution >= 0.6 is 11.8 Å². The second-order valence-electron chi connectivity index (χ2n) is 5.55. The highest BCUT2D eigenvalue weighted by atomic mass is 32.2. The Bertz CT molecular complexity index is 438. The predicted octanol–water partition coefficient (Wildman–Crippen LogP) is 3.70. The normalized spacial score (nSPS) is 24.3. The summed E-state index contributed by atoms with van der Waals surface area (Å²) in [5.41, 5.74) is 1.29. The molecule has 1 aliphatic carbocycles. The van der Waals surface area contributed by atoms with Crippen molar-refractivity contribution in [2.45, 2.75) is 49.6 Å². The molecule has 20 heavy (non-hydrogen) atoms. The first-order valence-corrected chi connectivity index (χ1v) is 8.45. The average molecular weight is 293 g/mol. The summed E-state index contributed by atoms with van der Waals surface area (Å²) in [6, 6.07) is 9.41. The number of carboxylic acid groups (broad SMARTS) is 1. The summed E-state index contributed by atoms with van der Waals surface area (Å²) in [4.78, 5) is 12.2. The van der Waals surface area contributed by atoms with Crippen LogP contribution in [0.3, 0.4) is 0 Å². The highest BCUT2D eigenvalue weighted by Crippen LogP contribution is 2.26. The van der Waals surface area contributed by atoms with Crippen LogP contribution in [0.15, 0.2) is 29.2 Å². The van der Waals surface area contributed by atoms with Crippen LogP contribution in [-0.4, -0.2) is 23.4 Å². The van der Waals surface area contributed by atoms with Gasteiger partial charge in [0.05, 0.1) is 5.92 Å². The Balaban J connectivity index is 1.85. The first-order valence-electron chi connectivity index (χ1n) is 7.23. The molecular weight excluding hydrogens is 270 g/mol. The van der Waals surface area contributed by atoms with Crippen LogP contribution in [0.5, 0.6) is 0 Å². The fraction of sp³-hybridized carbons (Fsp3) is 0.562. The van der Waals surface area contributed by atoms with E-state index in [9.17, 15) is 4.79 Å². The molecule has 0 saturated heterocycles. The first kappa shape index (κ1) is 15.4. The van der Waals surface area contributed by atoms with Gasteiger partial charge in [-0.25, -0.2) is 0 Å². The van der Waals surface area contributed by atoms with Gasteiger partial charge in [0.2, 0.25) is 0 Å². The molecule has 3 nitrogen and oxygen atoms in total. The molecule has 1 saturated carbocycles. The van der Waals surface area contributed by atoms with Gasteiger partial charge in [0.1, 0.15) is 0 Å². The number of aliphatic carboxylic acids is 1. The van der Waals surface area contributed by atoms with Gasteiger partial charge in [0, 0.05) is 17.0 Å². The summed E-state index contributed by atoms with van der Waals surface area (Å²) in [6.45, 7) is 2.18. The summed E-state index contributed by atoms with van der Waals surface area (Å²) < 4.78 is 0. The van der Waals surface area contributed by atoms with Gasteiger partial charge in [0.15, 0.2) is 0 Å². The molecule has 1 aliphatic rings. The van der Waals surface area contributed by atoms with Crippen molar-refractivity contribution in [1.82, 2.24) is 5.32 Å². The zero-order valence-electron chi connectivity index (χ0n) is 12.1. The van der Waals surface area contributed by atoms with Crippen molar-refractivity contribution in [1.29, 1.82) is 0 Å². The number of carboxylic acids is 1. The van der Waals surface area contributed by atoms with Crippen molar-refractivity contribution in [3.8, 4) is 0 Å². The maximum absolute atomic E-state index is 10.9. The van der Waals surface area contributed by atoms with Crippen molar-refractivity contribution in [3.63, 3.8) is 0 Å². The zero-order chi connectivity index (χ0) is 14.5. The molecule has 2 N–H and O–H groups in total. The Morgan fingerprint density at radius 3 is 2.35 bits per heavy atom. The minimum atomic E-state index is -0.635. The molecule has 0 aromatic heterocycles. The lowest BCUT2D eigenvalue weighted by atomic mass is 9.85. The molecular formula is C16H23NO2S. The highest BCUT2D eigenvalue weighted by Gasteiger charge is 2.26. The van der Waals surface area contributed by atoms with Crippen LogP contribution in [0.4, 0.5) is 0 Å². The van der Waals surface area contributed by atoms with Crippen molar-refractivity contribution in [3.05, 3.63) is 29.8 Å². The summed E-state index contributed by atoms with van der Waals surface area (Å²) in [5, 5.41) is 12.6. The van der Waals surface area contributed by atoms with E-state index in [2.05, 4.69) is 42.8 Å². The van der Waals surface area contributed by atoms with Crippen molar-refractivity contribution in [2.75, 3.05) is 6.26 Å². The number of rotatable bonds is 5. The molecule has 1 aromatic carbocycles. The van der Waals surface area contributed by atoms with Gasteiger partial charge < -0.3 is 10.4 Å². The van der Waals surface area contributed by atoms with Crippen LogP contribution in [0.25, 0.3) is 0 Å². The Hall–Kier alpha value is -1.00. The van der Waals surface area contributed by atoms with Crippen molar-refractivity contribution in [2.24, 2.45) is 5.92 Å². The average Bonchev–Trinajstić information content (AvgIpc) is 2.48. The minimum absolute atomic E-state index is 0.135. The Morgan fingerprint density at radius 2 is 1.85 bits per heavy atom. The maximum Gasteiger partial charge on any atom is 0.306 e. The quantitative estimate of drug-likeness (QED) is 0.813. The summed E-state index contributed by atoms with van der Waals surface area (Å²) >= 11 is 1.75. The van der Waals surface area contributed by atoms with E-state index in [4.69, 9.17) is 5.11 Å². The number of hydrogen-bond donors (Lipinski definition) is 2. The molecule has 2 rings (SSSR count). The molecule has 1 atom stereocenters. The molecule has 4 heteroatoms. The Morgan fingerprint density at radius 1 is 1.25 bits per heavy atom. The fourth-order valence-corrected chi connectivity index (χ4v) is 3.26. The van der Waals surface area contributed by atoms with E-state index in [0.29, 0.717) is 12.1 Å². The maximum atomic E-state index is 10.9. The summed E-state index contributed by atoms with van der Waals surface area (Å²) in [7, 11) is 0. The molecule has 110 valence electrons. The SMILES string of the molecule is CSc1ccc([C@@H](C)NC2CCC(C(=O)O)CC2)cc1. The second-order valence-corrected chi connectivity index (χ2v) is 6.43. The van der Waals surface area contributed by atoms with Crippen molar-refractivity contribution >= 4 is 17.7 Å². The topological polar surface area (TPSA) is 49.3 Å². The zero-order valence-corrected chi connectivity index (χ0v) is 13.0. The van der Waals surface area contributed by atoms with E-state index in [1.54, 1.807) is 11.8 Å². The van der Waals surface area contributed by atoms with Crippen LogP contribution < -0.4 is 5.32 Å². The van der Waals surface area contributed by atoms with E-state index in [1.807, 2.05) is 0 Å². The molecule has 1 fully saturated rings. The van der Waals surface area contributed by atoms with Gasteiger partial charge in [-0.05, 0) is 56.6 Å². The summed E-state index contributed by atoms with van der Waals surface area (Å²) in [5.74, 6) is -0.770. The standard InChI is InChI=1S/C16H23NO2S/c1-11(12-5-9-15(20-2)10-6-12)17-14-7-3-13(4-8-14)16(18)19/h5-6,9-11,13-14,17H,3-4,7-8H2,1-2H3,(H,18,19)/t11-,13?,14?/m1/s1. The molecule has 0 spiro atoms. The highest BCUT2D eigenvalue weighted by molar-refractivity contribution is 7.98. The number of hydrogen-bond acceptors (Lipinski definition) is 3. The van der Waals surface area contributed by atoms with E-state index in [0.717, 1.165) is 25.7 Å².